The topological polar surface area (TPSA) is 50.9 Å². The molecule has 0 bridgehead atoms. The number of nitrogens with zero attached hydrogens (tertiary/aromatic N) is 3. The Morgan fingerprint density at radius 2 is 1.21 bits per heavy atom. The molecule has 0 saturated carbocycles. The van der Waals surface area contributed by atoms with Gasteiger partial charge >= 0.3 is 0 Å². The van der Waals surface area contributed by atoms with Crippen LogP contribution in [-0.2, 0) is 5.54 Å². The van der Waals surface area contributed by atoms with E-state index in [9.17, 15) is 0 Å². The molecule has 1 N–H and O–H groups in total. The molecule has 0 aliphatic heterocycles. The lowest BCUT2D eigenvalue weighted by molar-refractivity contribution is 0.350. The van der Waals surface area contributed by atoms with Gasteiger partial charge in [-0.05, 0) is 22.6 Å². The van der Waals surface area contributed by atoms with Crippen LogP contribution in [0.15, 0.2) is 97.3 Å². The van der Waals surface area contributed by atoms with Gasteiger partial charge in [0.15, 0.2) is 0 Å². The van der Waals surface area contributed by atoms with Crippen LogP contribution in [0, 0.1) is 11.8 Å². The van der Waals surface area contributed by atoms with Crippen LogP contribution in [0.5, 0.6) is 0 Å². The fourth-order valence-corrected chi connectivity index (χ4v) is 3.54. The standard InChI is InChI=1S/C24H19N3O/c28-18-10-17-23-25-19-27(26-23)24(20-11-4-1-5-12-20,21-13-6-2-7-14-21)22-15-8-3-9-16-22/h1-9,11-16,19,28H,18H2. The van der Waals surface area contributed by atoms with E-state index in [-0.39, 0.29) is 6.61 Å². The maximum Gasteiger partial charge on any atom is 0.225 e. The zero-order chi connectivity index (χ0) is 19.2. The van der Waals surface area contributed by atoms with E-state index in [4.69, 9.17) is 5.11 Å². The van der Waals surface area contributed by atoms with Gasteiger partial charge in [0.25, 0.3) is 0 Å². The van der Waals surface area contributed by atoms with E-state index in [1.165, 1.54) is 0 Å². The summed E-state index contributed by atoms with van der Waals surface area (Å²) in [5.41, 5.74) is 2.51. The minimum atomic E-state index is -0.698. The van der Waals surface area contributed by atoms with E-state index >= 15 is 0 Å². The third kappa shape index (κ3) is 3.09. The van der Waals surface area contributed by atoms with Gasteiger partial charge in [0.1, 0.15) is 18.5 Å². The summed E-state index contributed by atoms with van der Waals surface area (Å²) in [7, 11) is 0. The molecule has 4 aromatic rings. The number of aliphatic hydroxyl groups excluding tert-OH is 1. The predicted molar refractivity (Wildman–Crippen MR) is 109 cm³/mol. The van der Waals surface area contributed by atoms with Crippen LogP contribution in [0.2, 0.25) is 0 Å². The van der Waals surface area contributed by atoms with Gasteiger partial charge in [-0.1, -0.05) is 96.9 Å². The molecule has 28 heavy (non-hydrogen) atoms. The molecule has 0 atom stereocenters. The Balaban J connectivity index is 2.06. The summed E-state index contributed by atoms with van der Waals surface area (Å²) >= 11 is 0. The number of hydrogen-bond donors (Lipinski definition) is 1. The average Bonchev–Trinajstić information content (AvgIpc) is 3.24. The van der Waals surface area contributed by atoms with Crippen molar-refractivity contribution in [3.05, 3.63) is 120 Å². The average molecular weight is 365 g/mol. The van der Waals surface area contributed by atoms with Crippen molar-refractivity contribution >= 4 is 0 Å². The van der Waals surface area contributed by atoms with Crippen molar-refractivity contribution in [1.29, 1.82) is 0 Å². The molecule has 0 aliphatic carbocycles. The van der Waals surface area contributed by atoms with Crippen LogP contribution in [0.1, 0.15) is 22.5 Å². The maximum absolute atomic E-state index is 8.99. The van der Waals surface area contributed by atoms with Crippen molar-refractivity contribution in [2.75, 3.05) is 6.61 Å². The number of aromatic nitrogens is 3. The van der Waals surface area contributed by atoms with Gasteiger partial charge in [0.2, 0.25) is 5.82 Å². The second kappa shape index (κ2) is 7.91. The Hall–Kier alpha value is -3.68. The molecular weight excluding hydrogens is 346 g/mol. The van der Waals surface area contributed by atoms with Gasteiger partial charge in [-0.25, -0.2) is 9.67 Å². The molecular formula is C24H19N3O. The summed E-state index contributed by atoms with van der Waals surface area (Å²) < 4.78 is 1.86. The fourth-order valence-electron chi connectivity index (χ4n) is 3.54. The first-order valence-electron chi connectivity index (χ1n) is 9.04. The van der Waals surface area contributed by atoms with E-state index in [1.807, 2.05) is 59.3 Å². The SMILES string of the molecule is OCC#Cc1ncn(C(c2ccccc2)(c2ccccc2)c2ccccc2)n1. The Morgan fingerprint density at radius 1 is 0.750 bits per heavy atom. The van der Waals surface area contributed by atoms with Crippen LogP contribution < -0.4 is 0 Å². The second-order valence-corrected chi connectivity index (χ2v) is 6.28. The van der Waals surface area contributed by atoms with Crippen LogP contribution >= 0.6 is 0 Å². The van der Waals surface area contributed by atoms with Crippen molar-refractivity contribution < 1.29 is 5.11 Å². The van der Waals surface area contributed by atoms with Crippen molar-refractivity contribution in [2.24, 2.45) is 0 Å². The molecule has 3 aromatic carbocycles. The van der Waals surface area contributed by atoms with Crippen molar-refractivity contribution in [3.63, 3.8) is 0 Å². The lowest BCUT2D eigenvalue weighted by Crippen LogP contribution is -2.38. The molecule has 4 nitrogen and oxygen atoms in total. The van der Waals surface area contributed by atoms with E-state index in [1.54, 1.807) is 6.33 Å². The third-order valence-electron chi connectivity index (χ3n) is 4.69. The maximum atomic E-state index is 8.99. The first kappa shape index (κ1) is 17.7. The number of benzene rings is 3. The van der Waals surface area contributed by atoms with Crippen LogP contribution in [0.3, 0.4) is 0 Å². The van der Waals surface area contributed by atoms with Gasteiger partial charge in [-0.2, -0.15) is 0 Å². The molecule has 0 saturated heterocycles. The Morgan fingerprint density at radius 3 is 1.64 bits per heavy atom. The molecule has 0 radical (unpaired) electrons. The quantitative estimate of drug-likeness (QED) is 0.445. The highest BCUT2D eigenvalue weighted by molar-refractivity contribution is 5.50. The van der Waals surface area contributed by atoms with E-state index < -0.39 is 5.54 Å². The molecule has 4 rings (SSSR count). The first-order chi connectivity index (χ1) is 13.9. The minimum Gasteiger partial charge on any atom is -0.384 e. The predicted octanol–water partition coefficient (Wildman–Crippen LogP) is 3.46. The van der Waals surface area contributed by atoms with Gasteiger partial charge < -0.3 is 5.11 Å². The summed E-state index contributed by atoms with van der Waals surface area (Å²) in [6, 6.07) is 30.8. The normalized spacial score (nSPS) is 10.9. The van der Waals surface area contributed by atoms with Gasteiger partial charge in [-0.15, -0.1) is 5.10 Å². The highest BCUT2D eigenvalue weighted by Gasteiger charge is 2.39. The Labute approximate surface area is 164 Å². The van der Waals surface area contributed by atoms with Gasteiger partial charge in [0, 0.05) is 0 Å². The molecule has 4 heteroatoms. The smallest absolute Gasteiger partial charge is 0.225 e. The summed E-state index contributed by atoms with van der Waals surface area (Å²) in [5, 5.41) is 13.7. The Bertz CT molecular complexity index is 997. The zero-order valence-corrected chi connectivity index (χ0v) is 15.2. The lowest BCUT2D eigenvalue weighted by atomic mass is 9.77. The highest BCUT2D eigenvalue weighted by Crippen LogP contribution is 2.39. The van der Waals surface area contributed by atoms with Crippen molar-refractivity contribution in [2.45, 2.75) is 5.54 Å². The number of hydrogen-bond acceptors (Lipinski definition) is 3. The van der Waals surface area contributed by atoms with Crippen LogP contribution in [0.4, 0.5) is 0 Å². The van der Waals surface area contributed by atoms with E-state index in [2.05, 4.69) is 58.3 Å². The Kier molecular flexibility index (Phi) is 5.01. The summed E-state index contributed by atoms with van der Waals surface area (Å²) in [6.45, 7) is -0.226. The molecule has 0 aliphatic rings. The van der Waals surface area contributed by atoms with Crippen molar-refractivity contribution in [3.8, 4) is 11.8 Å². The monoisotopic (exact) mass is 365 g/mol. The molecule has 0 unspecified atom stereocenters. The second-order valence-electron chi connectivity index (χ2n) is 6.28. The molecule has 136 valence electrons. The highest BCUT2D eigenvalue weighted by atomic mass is 16.2. The summed E-state index contributed by atoms with van der Waals surface area (Å²) in [6.07, 6.45) is 1.70. The molecule has 0 amide bonds. The van der Waals surface area contributed by atoms with E-state index in [0.717, 1.165) is 16.7 Å². The fraction of sp³-hybridized carbons (Fsp3) is 0.0833. The van der Waals surface area contributed by atoms with Gasteiger partial charge in [-0.3, -0.25) is 0 Å². The zero-order valence-electron chi connectivity index (χ0n) is 15.2. The number of aliphatic hydroxyl groups is 1. The van der Waals surface area contributed by atoms with Gasteiger partial charge in [0.05, 0.1) is 0 Å². The lowest BCUT2D eigenvalue weighted by Gasteiger charge is -2.35. The van der Waals surface area contributed by atoms with E-state index in [0.29, 0.717) is 5.82 Å². The van der Waals surface area contributed by atoms with Crippen LogP contribution in [-0.4, -0.2) is 26.5 Å². The minimum absolute atomic E-state index is 0.226. The summed E-state index contributed by atoms with van der Waals surface area (Å²) in [5.74, 6) is 5.79. The first-order valence-corrected chi connectivity index (χ1v) is 9.04. The number of rotatable bonds is 4. The molecule has 0 spiro atoms. The molecule has 1 heterocycles. The van der Waals surface area contributed by atoms with Crippen molar-refractivity contribution in [1.82, 2.24) is 14.8 Å². The molecule has 1 aromatic heterocycles. The third-order valence-corrected chi connectivity index (χ3v) is 4.69. The summed E-state index contributed by atoms with van der Waals surface area (Å²) in [4.78, 5) is 4.36. The molecule has 0 fully saturated rings. The van der Waals surface area contributed by atoms with Crippen LogP contribution in [0.25, 0.3) is 0 Å². The largest absolute Gasteiger partial charge is 0.384 e.